The summed E-state index contributed by atoms with van der Waals surface area (Å²) in [7, 11) is 0. The van der Waals surface area contributed by atoms with Gasteiger partial charge in [-0.3, -0.25) is 4.90 Å². The number of rotatable bonds is 2. The number of nitrogens with zero attached hydrogens (tertiary/aromatic N) is 1. The van der Waals surface area contributed by atoms with E-state index in [2.05, 4.69) is 22.3 Å². The van der Waals surface area contributed by atoms with Gasteiger partial charge in [0.25, 0.3) is 0 Å². The lowest BCUT2D eigenvalue weighted by atomic mass is 9.85. The minimum Gasteiger partial charge on any atom is -0.379 e. The molecule has 0 spiro atoms. The van der Waals surface area contributed by atoms with Crippen molar-refractivity contribution in [3.05, 3.63) is 34.9 Å². The molecule has 2 fully saturated rings. The maximum atomic E-state index is 6.39. The number of ether oxygens (including phenoxy) is 1. The van der Waals surface area contributed by atoms with Crippen LogP contribution in [0.15, 0.2) is 24.3 Å². The maximum Gasteiger partial charge on any atom is 0.0594 e. The van der Waals surface area contributed by atoms with Gasteiger partial charge in [0.1, 0.15) is 0 Å². The van der Waals surface area contributed by atoms with Crippen LogP contribution in [0.1, 0.15) is 17.9 Å². The number of morpholine rings is 1. The SMILES string of the molecule is Clc1ccccc1C1CNCCC1N1CCOCC1. The van der Waals surface area contributed by atoms with Crippen molar-refractivity contribution in [3.63, 3.8) is 0 Å². The fourth-order valence-corrected chi connectivity index (χ4v) is 3.56. The molecule has 2 heterocycles. The molecule has 2 aliphatic rings. The second-order valence-electron chi connectivity index (χ2n) is 5.34. The molecule has 0 aliphatic carbocycles. The number of hydrogen-bond donors (Lipinski definition) is 1. The van der Waals surface area contributed by atoms with E-state index in [0.29, 0.717) is 12.0 Å². The fourth-order valence-electron chi connectivity index (χ4n) is 3.28. The van der Waals surface area contributed by atoms with E-state index in [-0.39, 0.29) is 0 Å². The molecular formula is C15H21ClN2O. The van der Waals surface area contributed by atoms with Gasteiger partial charge in [0.2, 0.25) is 0 Å². The highest BCUT2D eigenvalue weighted by molar-refractivity contribution is 6.31. The number of nitrogens with one attached hydrogen (secondary N) is 1. The van der Waals surface area contributed by atoms with Crippen LogP contribution in [0.3, 0.4) is 0 Å². The Balaban J connectivity index is 1.82. The van der Waals surface area contributed by atoms with E-state index in [1.165, 1.54) is 12.0 Å². The van der Waals surface area contributed by atoms with Crippen molar-refractivity contribution in [2.24, 2.45) is 0 Å². The highest BCUT2D eigenvalue weighted by Crippen LogP contribution is 2.32. The highest BCUT2D eigenvalue weighted by Gasteiger charge is 2.32. The van der Waals surface area contributed by atoms with Crippen LogP contribution < -0.4 is 5.32 Å². The molecule has 0 radical (unpaired) electrons. The summed E-state index contributed by atoms with van der Waals surface area (Å²) in [5.41, 5.74) is 1.29. The number of piperidine rings is 1. The molecule has 4 heteroatoms. The topological polar surface area (TPSA) is 24.5 Å². The zero-order chi connectivity index (χ0) is 13.1. The number of benzene rings is 1. The molecular weight excluding hydrogens is 260 g/mol. The van der Waals surface area contributed by atoms with E-state index in [4.69, 9.17) is 16.3 Å². The summed E-state index contributed by atoms with van der Waals surface area (Å²) in [6, 6.07) is 8.86. The Bertz CT molecular complexity index is 420. The molecule has 1 N–H and O–H groups in total. The first-order valence-electron chi connectivity index (χ1n) is 7.13. The van der Waals surface area contributed by atoms with Crippen molar-refractivity contribution in [2.45, 2.75) is 18.4 Å². The first kappa shape index (κ1) is 13.4. The van der Waals surface area contributed by atoms with E-state index in [9.17, 15) is 0 Å². The van der Waals surface area contributed by atoms with Crippen LogP contribution in [0.25, 0.3) is 0 Å². The lowest BCUT2D eigenvalue weighted by molar-refractivity contribution is 0.00483. The summed E-state index contributed by atoms with van der Waals surface area (Å²) in [5, 5.41) is 4.41. The van der Waals surface area contributed by atoms with Gasteiger partial charge < -0.3 is 10.1 Å². The number of hydrogen-bond acceptors (Lipinski definition) is 3. The van der Waals surface area contributed by atoms with Crippen LogP contribution in [0.2, 0.25) is 5.02 Å². The van der Waals surface area contributed by atoms with Crippen molar-refractivity contribution < 1.29 is 4.74 Å². The Morgan fingerprint density at radius 3 is 2.79 bits per heavy atom. The van der Waals surface area contributed by atoms with E-state index >= 15 is 0 Å². The van der Waals surface area contributed by atoms with Crippen molar-refractivity contribution >= 4 is 11.6 Å². The minimum atomic E-state index is 0.487. The second kappa shape index (κ2) is 6.23. The van der Waals surface area contributed by atoms with E-state index in [1.54, 1.807) is 0 Å². The molecule has 2 atom stereocenters. The first-order valence-corrected chi connectivity index (χ1v) is 7.51. The molecule has 19 heavy (non-hydrogen) atoms. The minimum absolute atomic E-state index is 0.487. The maximum absolute atomic E-state index is 6.39. The monoisotopic (exact) mass is 280 g/mol. The quantitative estimate of drug-likeness (QED) is 0.898. The molecule has 2 saturated heterocycles. The Morgan fingerprint density at radius 2 is 2.00 bits per heavy atom. The molecule has 3 rings (SSSR count). The summed E-state index contributed by atoms with van der Waals surface area (Å²) in [5.74, 6) is 0.487. The Labute approximate surface area is 119 Å². The summed E-state index contributed by atoms with van der Waals surface area (Å²) >= 11 is 6.39. The van der Waals surface area contributed by atoms with Crippen LogP contribution in [0, 0.1) is 0 Å². The fraction of sp³-hybridized carbons (Fsp3) is 0.600. The van der Waals surface area contributed by atoms with E-state index in [1.807, 2.05) is 12.1 Å². The van der Waals surface area contributed by atoms with Gasteiger partial charge in [0.15, 0.2) is 0 Å². The summed E-state index contributed by atoms with van der Waals surface area (Å²) < 4.78 is 5.47. The molecule has 2 unspecified atom stereocenters. The predicted molar refractivity (Wildman–Crippen MR) is 77.9 cm³/mol. The van der Waals surface area contributed by atoms with Gasteiger partial charge in [0.05, 0.1) is 13.2 Å². The predicted octanol–water partition coefficient (Wildman–Crippen LogP) is 2.12. The molecule has 3 nitrogen and oxygen atoms in total. The Morgan fingerprint density at radius 1 is 1.21 bits per heavy atom. The molecule has 0 amide bonds. The van der Waals surface area contributed by atoms with Gasteiger partial charge in [-0.05, 0) is 24.6 Å². The van der Waals surface area contributed by atoms with Crippen LogP contribution in [-0.2, 0) is 4.74 Å². The molecule has 2 aliphatic heterocycles. The van der Waals surface area contributed by atoms with Crippen LogP contribution in [0.5, 0.6) is 0 Å². The summed E-state index contributed by atoms with van der Waals surface area (Å²) in [6.07, 6.45) is 1.19. The third-order valence-electron chi connectivity index (χ3n) is 4.26. The van der Waals surface area contributed by atoms with Crippen LogP contribution in [0.4, 0.5) is 0 Å². The molecule has 0 bridgehead atoms. The van der Waals surface area contributed by atoms with E-state index in [0.717, 1.165) is 44.4 Å². The first-order chi connectivity index (χ1) is 9.36. The molecule has 0 aromatic heterocycles. The highest BCUT2D eigenvalue weighted by atomic mass is 35.5. The van der Waals surface area contributed by atoms with Gasteiger partial charge in [0, 0.05) is 36.6 Å². The molecule has 0 saturated carbocycles. The van der Waals surface area contributed by atoms with Crippen LogP contribution in [-0.4, -0.2) is 50.3 Å². The molecule has 1 aromatic carbocycles. The zero-order valence-corrected chi connectivity index (χ0v) is 11.9. The van der Waals surface area contributed by atoms with Crippen molar-refractivity contribution in [3.8, 4) is 0 Å². The molecule has 1 aromatic rings. The van der Waals surface area contributed by atoms with Crippen molar-refractivity contribution in [1.29, 1.82) is 0 Å². The van der Waals surface area contributed by atoms with Gasteiger partial charge in [-0.25, -0.2) is 0 Å². The Kier molecular flexibility index (Phi) is 4.38. The van der Waals surface area contributed by atoms with Gasteiger partial charge in [-0.15, -0.1) is 0 Å². The van der Waals surface area contributed by atoms with Gasteiger partial charge in [-0.1, -0.05) is 29.8 Å². The third kappa shape index (κ3) is 2.95. The van der Waals surface area contributed by atoms with Crippen LogP contribution >= 0.6 is 11.6 Å². The normalized spacial score (nSPS) is 29.3. The average Bonchev–Trinajstić information content (AvgIpc) is 2.49. The van der Waals surface area contributed by atoms with Crippen molar-refractivity contribution in [1.82, 2.24) is 10.2 Å². The van der Waals surface area contributed by atoms with Gasteiger partial charge in [-0.2, -0.15) is 0 Å². The summed E-state index contributed by atoms with van der Waals surface area (Å²) in [6.45, 7) is 5.93. The third-order valence-corrected chi connectivity index (χ3v) is 4.61. The van der Waals surface area contributed by atoms with Crippen molar-refractivity contribution in [2.75, 3.05) is 39.4 Å². The zero-order valence-electron chi connectivity index (χ0n) is 11.1. The summed E-state index contributed by atoms with van der Waals surface area (Å²) in [4.78, 5) is 2.58. The molecule has 104 valence electrons. The standard InChI is InChI=1S/C15H21ClN2O/c16-14-4-2-1-3-12(14)13-11-17-6-5-15(13)18-7-9-19-10-8-18/h1-4,13,15,17H,5-11H2. The van der Waals surface area contributed by atoms with Gasteiger partial charge >= 0.3 is 0 Å². The lowest BCUT2D eigenvalue weighted by Gasteiger charge is -2.42. The largest absolute Gasteiger partial charge is 0.379 e. The van der Waals surface area contributed by atoms with E-state index < -0.39 is 0 Å². The second-order valence-corrected chi connectivity index (χ2v) is 5.74. The lowest BCUT2D eigenvalue weighted by Crippen LogP contribution is -2.52. The smallest absolute Gasteiger partial charge is 0.0594 e. The Hall–Kier alpha value is -0.610. The average molecular weight is 281 g/mol. The number of halogens is 1.